The fourth-order valence-corrected chi connectivity index (χ4v) is 8.82. The van der Waals surface area contributed by atoms with E-state index < -0.39 is 79.6 Å². The van der Waals surface area contributed by atoms with Crippen LogP contribution in [0.5, 0.6) is 92.0 Å². The molecular formula is C51H52O21. The molecule has 0 bridgehead atoms. The Bertz CT molecular complexity index is 2980. The standard InChI is InChI=1S/C25H24O11.C25H24O10.CH4/c1-33-18-5-10(2-3-13(18)27)23-20(9-26)36-25-16(30)4-11(6-19(25)35-23)24-22(32)21(31)12-7-14(28)15(29)8-17(12)34-24;1-32-20-7-11(2-3-14(20)27)24-22(10-26)35-25-18(31)6-13(8-21(25)34-24)23-17(30)5-12-4-15(28)16(29)9-19(12)33-23;/h2-8,20-24,26-32H,9H2,1H3;2-4,6-9,17,22-24,26-31H,5,10H2,1H3;1H4. The van der Waals surface area contributed by atoms with Crippen molar-refractivity contribution < 1.29 is 104 Å². The predicted molar refractivity (Wildman–Crippen MR) is 249 cm³/mol. The van der Waals surface area contributed by atoms with E-state index in [0.29, 0.717) is 28.0 Å². The van der Waals surface area contributed by atoms with Crippen LogP contribution in [0.15, 0.2) is 84.9 Å². The molecule has 0 fully saturated rings. The van der Waals surface area contributed by atoms with Crippen molar-refractivity contribution in [1.29, 1.82) is 0 Å². The molecule has 10 rings (SSSR count). The molecule has 72 heavy (non-hydrogen) atoms. The van der Waals surface area contributed by atoms with Crippen molar-refractivity contribution in [3.8, 4) is 92.0 Å². The predicted octanol–water partition coefficient (Wildman–Crippen LogP) is 4.98. The van der Waals surface area contributed by atoms with Gasteiger partial charge in [-0.3, -0.25) is 0 Å². The number of aromatic hydroxyl groups is 8. The van der Waals surface area contributed by atoms with E-state index in [2.05, 4.69) is 0 Å². The van der Waals surface area contributed by atoms with Gasteiger partial charge in [0.1, 0.15) is 23.7 Å². The van der Waals surface area contributed by atoms with E-state index >= 15 is 0 Å². The number of hydrogen-bond donors (Lipinski definition) is 13. The van der Waals surface area contributed by atoms with Crippen LogP contribution in [-0.2, 0) is 6.42 Å². The monoisotopic (exact) mass is 1000 g/mol. The van der Waals surface area contributed by atoms with E-state index in [1.807, 2.05) is 0 Å². The number of aliphatic hydroxyl groups is 5. The maximum Gasteiger partial charge on any atom is 0.203 e. The highest BCUT2D eigenvalue weighted by Crippen LogP contribution is 2.52. The number of phenols is 8. The fraction of sp³-hybridized carbons (Fsp3) is 0.294. The summed E-state index contributed by atoms with van der Waals surface area (Å²) in [6, 6.07) is 19.6. The van der Waals surface area contributed by atoms with Gasteiger partial charge in [0.25, 0.3) is 0 Å². The van der Waals surface area contributed by atoms with Crippen LogP contribution in [0.2, 0.25) is 0 Å². The molecule has 4 aliphatic heterocycles. The summed E-state index contributed by atoms with van der Waals surface area (Å²) in [4.78, 5) is 0. The molecule has 0 aromatic heterocycles. The highest BCUT2D eigenvalue weighted by molar-refractivity contribution is 5.59. The van der Waals surface area contributed by atoms with E-state index in [9.17, 15) is 66.4 Å². The molecule has 0 saturated carbocycles. The van der Waals surface area contributed by atoms with E-state index in [1.54, 1.807) is 24.3 Å². The van der Waals surface area contributed by atoms with Gasteiger partial charge >= 0.3 is 0 Å². The molecule has 0 spiro atoms. The maximum absolute atomic E-state index is 10.7. The Kier molecular flexibility index (Phi) is 14.0. The minimum Gasteiger partial charge on any atom is -0.504 e. The van der Waals surface area contributed by atoms with Gasteiger partial charge in [0.05, 0.1) is 33.5 Å². The Morgan fingerprint density at radius 1 is 0.444 bits per heavy atom. The van der Waals surface area contributed by atoms with Gasteiger partial charge in [0.15, 0.2) is 106 Å². The number of rotatable bonds is 8. The van der Waals surface area contributed by atoms with Crippen molar-refractivity contribution in [2.45, 2.75) is 68.8 Å². The molecule has 6 aromatic carbocycles. The Balaban J connectivity index is 0.000000190. The second-order valence-electron chi connectivity index (χ2n) is 17.0. The number of benzene rings is 6. The smallest absolute Gasteiger partial charge is 0.203 e. The second kappa shape index (κ2) is 20.0. The summed E-state index contributed by atoms with van der Waals surface area (Å²) < 4.78 is 45.9. The van der Waals surface area contributed by atoms with Crippen molar-refractivity contribution in [2.75, 3.05) is 27.4 Å². The zero-order chi connectivity index (χ0) is 50.6. The summed E-state index contributed by atoms with van der Waals surface area (Å²) in [5, 5.41) is 132. The van der Waals surface area contributed by atoms with Gasteiger partial charge in [-0.25, -0.2) is 0 Å². The third-order valence-electron chi connectivity index (χ3n) is 12.4. The van der Waals surface area contributed by atoms with Crippen LogP contribution in [0, 0.1) is 0 Å². The lowest BCUT2D eigenvalue weighted by Crippen LogP contribution is -2.37. The number of fused-ring (bicyclic) bond motifs is 4. The van der Waals surface area contributed by atoms with Gasteiger partial charge < -0.3 is 104 Å². The molecular weight excluding hydrogens is 949 g/mol. The van der Waals surface area contributed by atoms with Gasteiger partial charge in [0, 0.05) is 51.9 Å². The van der Waals surface area contributed by atoms with Crippen LogP contribution in [0.25, 0.3) is 0 Å². The minimum absolute atomic E-state index is 0. The molecule has 21 nitrogen and oxygen atoms in total. The molecule has 0 radical (unpaired) electrons. The topological polar surface area (TPSA) is 337 Å². The van der Waals surface area contributed by atoms with Gasteiger partial charge in [-0.15, -0.1) is 0 Å². The largest absolute Gasteiger partial charge is 0.504 e. The average Bonchev–Trinajstić information content (AvgIpc) is 3.35. The summed E-state index contributed by atoms with van der Waals surface area (Å²) in [6.45, 7) is -0.857. The molecule has 9 atom stereocenters. The summed E-state index contributed by atoms with van der Waals surface area (Å²) >= 11 is 0. The van der Waals surface area contributed by atoms with Crippen LogP contribution in [0.1, 0.15) is 71.3 Å². The van der Waals surface area contributed by atoms with Gasteiger partial charge in [0.2, 0.25) is 11.5 Å². The van der Waals surface area contributed by atoms with Crippen molar-refractivity contribution in [3.05, 3.63) is 118 Å². The van der Waals surface area contributed by atoms with Crippen LogP contribution in [0.3, 0.4) is 0 Å². The number of ether oxygens (including phenoxy) is 8. The highest BCUT2D eigenvalue weighted by atomic mass is 16.6. The average molecular weight is 1000 g/mol. The number of hydrogen-bond acceptors (Lipinski definition) is 21. The molecule has 0 saturated heterocycles. The Hall–Kier alpha value is -8.08. The normalized spacial score (nSPS) is 23.3. The molecule has 9 unspecified atom stereocenters. The van der Waals surface area contributed by atoms with Crippen molar-refractivity contribution >= 4 is 0 Å². The lowest BCUT2D eigenvalue weighted by Gasteiger charge is -2.36. The summed E-state index contributed by atoms with van der Waals surface area (Å²) in [6.07, 6.45) is -9.32. The van der Waals surface area contributed by atoms with Crippen LogP contribution in [0.4, 0.5) is 0 Å². The SMILES string of the molecule is C.COc1cc(C2Oc3cc(C4Oc5cc(O)c(O)cc5C(O)C4O)cc(O)c3OC2CO)ccc1O.COc1cc(C2Oc3cc(C4Oc5cc(O)c(O)cc5CC4O)cc(O)c3OC2CO)ccc1O. The fourth-order valence-electron chi connectivity index (χ4n) is 8.82. The highest BCUT2D eigenvalue weighted by Gasteiger charge is 2.42. The summed E-state index contributed by atoms with van der Waals surface area (Å²) in [5.74, 6) is -1.40. The molecule has 13 N–H and O–H groups in total. The van der Waals surface area contributed by atoms with Crippen molar-refractivity contribution in [3.63, 3.8) is 0 Å². The first kappa shape index (κ1) is 50.3. The Morgan fingerprint density at radius 2 is 0.889 bits per heavy atom. The molecule has 382 valence electrons. The minimum atomic E-state index is -1.49. The Labute approximate surface area is 409 Å². The van der Waals surface area contributed by atoms with E-state index in [0.717, 1.165) is 12.1 Å². The molecule has 0 aliphatic carbocycles. The number of phenolic OH excluding ortho intramolecular Hbond substituents is 8. The van der Waals surface area contributed by atoms with Gasteiger partial charge in [-0.05, 0) is 60.7 Å². The lowest BCUT2D eigenvalue weighted by molar-refractivity contribution is -0.0705. The lowest BCUT2D eigenvalue weighted by atomic mass is 9.91. The first-order valence-electron chi connectivity index (χ1n) is 21.8. The van der Waals surface area contributed by atoms with E-state index in [-0.39, 0.29) is 99.7 Å². The maximum atomic E-state index is 10.7. The zero-order valence-electron chi connectivity index (χ0n) is 37.5. The van der Waals surface area contributed by atoms with Crippen molar-refractivity contribution in [1.82, 2.24) is 0 Å². The Morgan fingerprint density at radius 3 is 1.39 bits per heavy atom. The van der Waals surface area contributed by atoms with Crippen molar-refractivity contribution in [2.24, 2.45) is 0 Å². The third kappa shape index (κ3) is 9.21. The van der Waals surface area contributed by atoms with E-state index in [1.165, 1.54) is 62.8 Å². The number of aliphatic hydroxyl groups excluding tert-OH is 5. The first-order chi connectivity index (χ1) is 34.0. The van der Waals surface area contributed by atoms with Crippen LogP contribution < -0.4 is 37.9 Å². The third-order valence-corrected chi connectivity index (χ3v) is 12.4. The quantitative estimate of drug-likeness (QED) is 0.0894. The first-order valence-corrected chi connectivity index (χ1v) is 21.8. The van der Waals surface area contributed by atoms with Crippen LogP contribution >= 0.6 is 0 Å². The zero-order valence-corrected chi connectivity index (χ0v) is 37.5. The molecule has 6 aromatic rings. The molecule has 4 heterocycles. The second-order valence-corrected chi connectivity index (χ2v) is 17.0. The number of methoxy groups -OCH3 is 2. The van der Waals surface area contributed by atoms with Crippen LogP contribution in [-0.4, -0.2) is 118 Å². The molecule has 0 amide bonds. The summed E-state index contributed by atoms with van der Waals surface area (Å²) in [7, 11) is 2.80. The molecule has 4 aliphatic rings. The van der Waals surface area contributed by atoms with E-state index in [4.69, 9.17) is 37.9 Å². The molecule has 21 heteroatoms. The van der Waals surface area contributed by atoms with Gasteiger partial charge in [-0.2, -0.15) is 0 Å². The summed E-state index contributed by atoms with van der Waals surface area (Å²) in [5.41, 5.74) is 2.31. The van der Waals surface area contributed by atoms with Gasteiger partial charge in [-0.1, -0.05) is 19.6 Å².